The smallest absolute Gasteiger partial charge is 0.255 e. The van der Waals surface area contributed by atoms with Gasteiger partial charge in [0.1, 0.15) is 17.9 Å². The molecule has 40 heavy (non-hydrogen) atoms. The number of aromatic hydroxyl groups is 1. The number of aromatic nitrogens is 3. The van der Waals surface area contributed by atoms with Crippen molar-refractivity contribution < 1.29 is 9.90 Å². The van der Waals surface area contributed by atoms with Gasteiger partial charge in [-0.05, 0) is 84.8 Å². The van der Waals surface area contributed by atoms with Crippen LogP contribution >= 0.6 is 11.8 Å². The Bertz CT molecular complexity index is 1650. The lowest BCUT2D eigenvalue weighted by Crippen LogP contribution is -2.13. The van der Waals surface area contributed by atoms with Gasteiger partial charge in [0.05, 0.1) is 11.1 Å². The van der Waals surface area contributed by atoms with E-state index in [2.05, 4.69) is 34.4 Å². The van der Waals surface area contributed by atoms with Crippen molar-refractivity contribution in [1.29, 1.82) is 0 Å². The minimum atomic E-state index is -0.201. The molecule has 0 fully saturated rings. The molecule has 0 spiro atoms. The molecule has 0 saturated carbocycles. The van der Waals surface area contributed by atoms with E-state index in [0.717, 1.165) is 32.2 Å². The molecule has 0 unspecified atom stereocenters. The van der Waals surface area contributed by atoms with Crippen molar-refractivity contribution in [1.82, 2.24) is 15.0 Å². The maximum atomic E-state index is 13.0. The van der Waals surface area contributed by atoms with Crippen molar-refractivity contribution in [3.05, 3.63) is 96.4 Å². The third-order valence-corrected chi connectivity index (χ3v) is 7.39. The molecule has 5 rings (SSSR count). The number of carbonyl (C=O) groups excluding carboxylic acids is 1. The van der Waals surface area contributed by atoms with Crippen LogP contribution in [0.3, 0.4) is 0 Å². The Morgan fingerprint density at radius 1 is 0.925 bits per heavy atom. The van der Waals surface area contributed by atoms with Gasteiger partial charge in [0, 0.05) is 46.5 Å². The number of phenols is 1. The van der Waals surface area contributed by atoms with E-state index >= 15 is 0 Å². The molecule has 8 nitrogen and oxygen atoms in total. The van der Waals surface area contributed by atoms with Crippen molar-refractivity contribution in [2.24, 2.45) is 0 Å². The van der Waals surface area contributed by atoms with Crippen molar-refractivity contribution >= 4 is 51.6 Å². The predicted octanol–water partition coefficient (Wildman–Crippen LogP) is 7.07. The quantitative estimate of drug-likeness (QED) is 0.189. The summed E-state index contributed by atoms with van der Waals surface area (Å²) in [6.07, 6.45) is 1.50. The summed E-state index contributed by atoms with van der Waals surface area (Å²) in [7, 11) is 3.92. The molecule has 1 amide bonds. The molecule has 2 heterocycles. The first kappa shape index (κ1) is 27.0. The zero-order chi connectivity index (χ0) is 28.2. The number of hydrogen-bond donors (Lipinski definition) is 3. The fraction of sp³-hybridized carbons (Fsp3) is 0.161. The van der Waals surface area contributed by atoms with Crippen LogP contribution in [0.15, 0.2) is 95.0 Å². The number of rotatable bonds is 8. The number of amides is 1. The fourth-order valence-corrected chi connectivity index (χ4v) is 4.94. The molecule has 5 aromatic rings. The molecular formula is C31H30N6O2S. The lowest BCUT2D eigenvalue weighted by Gasteiger charge is -2.16. The van der Waals surface area contributed by atoms with E-state index in [1.807, 2.05) is 85.7 Å². The molecule has 202 valence electrons. The number of anilines is 4. The highest BCUT2D eigenvalue weighted by Gasteiger charge is 2.14. The SMILES string of the molecule is CC(C)c1ccc2c(Nc3cc(NC(=O)c4ccc(N(C)C)cc4)ccc3Sc3ccc(O)cc3)ncnc2n1. The Hall–Kier alpha value is -4.63. The molecule has 3 N–H and O–H groups in total. The second kappa shape index (κ2) is 11.6. The van der Waals surface area contributed by atoms with Crippen LogP contribution < -0.4 is 15.5 Å². The van der Waals surface area contributed by atoms with Gasteiger partial charge >= 0.3 is 0 Å². The summed E-state index contributed by atoms with van der Waals surface area (Å²) in [5.74, 6) is 0.903. The number of hydrogen-bond acceptors (Lipinski definition) is 8. The molecule has 3 aromatic carbocycles. The van der Waals surface area contributed by atoms with Gasteiger partial charge in [-0.25, -0.2) is 15.0 Å². The second-order valence-corrected chi connectivity index (χ2v) is 10.9. The number of fused-ring (bicyclic) bond motifs is 1. The van der Waals surface area contributed by atoms with Gasteiger partial charge in [-0.3, -0.25) is 4.79 Å². The van der Waals surface area contributed by atoms with E-state index in [9.17, 15) is 9.90 Å². The zero-order valence-electron chi connectivity index (χ0n) is 22.7. The standard InChI is InChI=1S/C31H30N6O2S/c1-19(2)26-15-14-25-29(35-26)32-18-33-30(25)36-27-17-21(7-16-28(27)40-24-12-10-23(38)11-13-24)34-31(39)20-5-8-22(9-6-20)37(3)4/h5-19,38H,1-4H3,(H,34,39)(H,32,33,35,36). The first-order valence-electron chi connectivity index (χ1n) is 12.8. The molecule has 2 aromatic heterocycles. The summed E-state index contributed by atoms with van der Waals surface area (Å²) >= 11 is 1.53. The highest BCUT2D eigenvalue weighted by molar-refractivity contribution is 7.99. The summed E-state index contributed by atoms with van der Waals surface area (Å²) < 4.78 is 0. The summed E-state index contributed by atoms with van der Waals surface area (Å²) in [5.41, 5.74) is 4.55. The van der Waals surface area contributed by atoms with Crippen LogP contribution in [-0.2, 0) is 0 Å². The highest BCUT2D eigenvalue weighted by Crippen LogP contribution is 2.38. The molecule has 0 atom stereocenters. The summed E-state index contributed by atoms with van der Waals surface area (Å²) in [6.45, 7) is 4.19. The van der Waals surface area contributed by atoms with Gasteiger partial charge in [0.25, 0.3) is 5.91 Å². The van der Waals surface area contributed by atoms with Gasteiger partial charge in [0.2, 0.25) is 0 Å². The number of pyridine rings is 1. The molecule has 0 saturated heterocycles. The number of phenolic OH excluding ortho intramolecular Hbond substituents is 1. The first-order valence-corrected chi connectivity index (χ1v) is 13.7. The first-order chi connectivity index (χ1) is 19.3. The second-order valence-electron chi connectivity index (χ2n) is 9.81. The average molecular weight is 551 g/mol. The average Bonchev–Trinajstić information content (AvgIpc) is 2.95. The van der Waals surface area contributed by atoms with E-state index in [4.69, 9.17) is 4.98 Å². The van der Waals surface area contributed by atoms with E-state index < -0.39 is 0 Å². The molecule has 0 aliphatic rings. The molecule has 0 bridgehead atoms. The molecule has 0 aliphatic heterocycles. The largest absolute Gasteiger partial charge is 0.508 e. The van der Waals surface area contributed by atoms with Crippen LogP contribution in [0, 0.1) is 0 Å². The fourth-order valence-electron chi connectivity index (χ4n) is 4.06. The third-order valence-electron chi connectivity index (χ3n) is 6.31. The van der Waals surface area contributed by atoms with Gasteiger partial charge in [-0.15, -0.1) is 0 Å². The topological polar surface area (TPSA) is 103 Å². The van der Waals surface area contributed by atoms with Crippen LogP contribution in [0.25, 0.3) is 11.0 Å². The van der Waals surface area contributed by atoms with Crippen LogP contribution in [0.4, 0.5) is 22.9 Å². The van der Waals surface area contributed by atoms with Crippen molar-refractivity contribution in [2.75, 3.05) is 29.6 Å². The number of carbonyl (C=O) groups is 1. The summed E-state index contributed by atoms with van der Waals surface area (Å²) in [5, 5.41) is 17.0. The monoisotopic (exact) mass is 550 g/mol. The third kappa shape index (κ3) is 6.16. The minimum Gasteiger partial charge on any atom is -0.508 e. The lowest BCUT2D eigenvalue weighted by molar-refractivity contribution is 0.102. The maximum absolute atomic E-state index is 13.0. The molecule has 0 radical (unpaired) electrons. The maximum Gasteiger partial charge on any atom is 0.255 e. The molecule has 0 aliphatic carbocycles. The Kier molecular flexibility index (Phi) is 7.84. The van der Waals surface area contributed by atoms with Crippen molar-refractivity contribution in [3.63, 3.8) is 0 Å². The van der Waals surface area contributed by atoms with Crippen LogP contribution in [0.2, 0.25) is 0 Å². The van der Waals surface area contributed by atoms with Gasteiger partial charge in [-0.2, -0.15) is 0 Å². The van der Waals surface area contributed by atoms with Gasteiger partial charge < -0.3 is 20.6 Å². The summed E-state index contributed by atoms with van der Waals surface area (Å²) in [4.78, 5) is 30.5. The Labute approximate surface area is 237 Å². The zero-order valence-corrected chi connectivity index (χ0v) is 23.5. The van der Waals surface area contributed by atoms with Crippen LogP contribution in [0.1, 0.15) is 35.8 Å². The molecular weight excluding hydrogens is 520 g/mol. The highest BCUT2D eigenvalue weighted by atomic mass is 32.2. The number of benzene rings is 3. The van der Waals surface area contributed by atoms with Gasteiger partial charge in [-0.1, -0.05) is 25.6 Å². The van der Waals surface area contributed by atoms with Gasteiger partial charge in [0.15, 0.2) is 5.65 Å². The summed E-state index contributed by atoms with van der Waals surface area (Å²) in [6, 6.07) is 24.1. The predicted molar refractivity (Wildman–Crippen MR) is 162 cm³/mol. The van der Waals surface area contributed by atoms with Crippen LogP contribution in [-0.4, -0.2) is 40.1 Å². The lowest BCUT2D eigenvalue weighted by atomic mass is 10.1. The van der Waals surface area contributed by atoms with Crippen molar-refractivity contribution in [2.45, 2.75) is 29.6 Å². The van der Waals surface area contributed by atoms with E-state index in [0.29, 0.717) is 22.7 Å². The Morgan fingerprint density at radius 2 is 1.68 bits per heavy atom. The Morgan fingerprint density at radius 3 is 2.38 bits per heavy atom. The van der Waals surface area contributed by atoms with Crippen LogP contribution in [0.5, 0.6) is 5.75 Å². The molecule has 9 heteroatoms. The number of nitrogens with zero attached hydrogens (tertiary/aromatic N) is 4. The number of nitrogens with one attached hydrogen (secondary N) is 2. The Balaban J connectivity index is 1.48. The van der Waals surface area contributed by atoms with E-state index in [1.54, 1.807) is 12.1 Å². The van der Waals surface area contributed by atoms with E-state index in [-0.39, 0.29) is 17.6 Å². The van der Waals surface area contributed by atoms with Crippen molar-refractivity contribution in [3.8, 4) is 5.75 Å². The normalized spacial score (nSPS) is 11.0. The van der Waals surface area contributed by atoms with E-state index in [1.165, 1.54) is 18.1 Å². The minimum absolute atomic E-state index is 0.201.